The lowest BCUT2D eigenvalue weighted by atomic mass is 9.96. The Morgan fingerprint density at radius 3 is 2.84 bits per heavy atom. The normalized spacial score (nSPS) is 26.7. The molecule has 1 aliphatic carbocycles. The molecular weight excluding hydrogens is 256 g/mol. The van der Waals surface area contributed by atoms with Crippen molar-refractivity contribution >= 4 is 17.5 Å². The molecule has 1 fully saturated rings. The zero-order valence-electron chi connectivity index (χ0n) is 10.3. The van der Waals surface area contributed by atoms with Crippen molar-refractivity contribution in [1.82, 2.24) is 10.3 Å². The number of Topliss-reactive ketones (excluding diaryl/α,β-unsaturated/α-hetero) is 1. The lowest BCUT2D eigenvalue weighted by Gasteiger charge is -2.10. The van der Waals surface area contributed by atoms with Crippen molar-refractivity contribution in [3.63, 3.8) is 0 Å². The van der Waals surface area contributed by atoms with Crippen molar-refractivity contribution in [1.29, 1.82) is 0 Å². The Hall–Kier alpha value is -1.81. The topological polar surface area (TPSA) is 42.0 Å². The lowest BCUT2D eigenvalue weighted by Crippen LogP contribution is -2.16. The highest BCUT2D eigenvalue weighted by Gasteiger charge is 2.36. The molecule has 3 rings (SSSR count). The summed E-state index contributed by atoms with van der Waals surface area (Å²) in [5, 5.41) is 3.47. The van der Waals surface area contributed by atoms with Crippen LogP contribution < -0.4 is 5.32 Å². The monoisotopic (exact) mass is 270 g/mol. The van der Waals surface area contributed by atoms with Crippen molar-refractivity contribution in [2.45, 2.75) is 11.8 Å². The molecule has 19 heavy (non-hydrogen) atoms. The van der Waals surface area contributed by atoms with Gasteiger partial charge in [0.2, 0.25) is 0 Å². The van der Waals surface area contributed by atoms with Crippen molar-refractivity contribution < 1.29 is 4.79 Å². The van der Waals surface area contributed by atoms with Gasteiger partial charge in [-0.05, 0) is 17.7 Å². The Morgan fingerprint density at radius 1 is 1.26 bits per heavy atom. The molecule has 2 unspecified atom stereocenters. The Balaban J connectivity index is 1.64. The van der Waals surface area contributed by atoms with E-state index in [-0.39, 0.29) is 17.0 Å². The van der Waals surface area contributed by atoms with Crippen LogP contribution in [0.3, 0.4) is 0 Å². The van der Waals surface area contributed by atoms with Gasteiger partial charge in [-0.25, -0.2) is 0 Å². The van der Waals surface area contributed by atoms with Crippen molar-refractivity contribution in [2.24, 2.45) is 5.92 Å². The zero-order chi connectivity index (χ0) is 13.1. The highest BCUT2D eigenvalue weighted by molar-refractivity contribution is 8.05. The van der Waals surface area contributed by atoms with Gasteiger partial charge in [0, 0.05) is 30.4 Å². The molecule has 0 spiro atoms. The van der Waals surface area contributed by atoms with E-state index in [1.165, 1.54) is 0 Å². The van der Waals surface area contributed by atoms with Gasteiger partial charge in [-0.15, -0.1) is 11.8 Å². The SMILES string of the molecule is O=C1C(=CNCc2ccncc2)SC2C=CC=CC12. The first-order chi connectivity index (χ1) is 9.34. The molecule has 2 atom stereocenters. The molecule has 0 aromatic carbocycles. The minimum atomic E-state index is 0.0176. The average Bonchev–Trinajstić information content (AvgIpc) is 2.78. The summed E-state index contributed by atoms with van der Waals surface area (Å²) in [4.78, 5) is 17.0. The van der Waals surface area contributed by atoms with E-state index in [1.54, 1.807) is 24.2 Å². The van der Waals surface area contributed by atoms with E-state index in [4.69, 9.17) is 0 Å². The molecular formula is C15H14N2OS. The molecule has 1 saturated heterocycles. The van der Waals surface area contributed by atoms with Gasteiger partial charge in [-0.2, -0.15) is 0 Å². The van der Waals surface area contributed by atoms with Gasteiger partial charge in [-0.3, -0.25) is 9.78 Å². The number of nitrogens with one attached hydrogen (secondary N) is 1. The first-order valence-electron chi connectivity index (χ1n) is 6.23. The molecule has 0 bridgehead atoms. The van der Waals surface area contributed by atoms with Crippen LogP contribution in [0.5, 0.6) is 0 Å². The van der Waals surface area contributed by atoms with Gasteiger partial charge < -0.3 is 5.32 Å². The summed E-state index contributed by atoms with van der Waals surface area (Å²) in [7, 11) is 0. The number of pyridine rings is 1. The summed E-state index contributed by atoms with van der Waals surface area (Å²) in [5.74, 6) is 0.238. The Kier molecular flexibility index (Phi) is 3.51. The molecule has 1 aromatic heterocycles. The number of ketones is 1. The fourth-order valence-corrected chi connectivity index (χ4v) is 3.40. The molecule has 2 heterocycles. The van der Waals surface area contributed by atoms with Crippen LogP contribution in [0.15, 0.2) is 59.9 Å². The van der Waals surface area contributed by atoms with Crippen molar-refractivity contribution in [3.05, 3.63) is 65.5 Å². The van der Waals surface area contributed by atoms with E-state index in [1.807, 2.05) is 36.6 Å². The number of nitrogens with zero attached hydrogens (tertiary/aromatic N) is 1. The minimum absolute atomic E-state index is 0.0176. The van der Waals surface area contributed by atoms with E-state index in [2.05, 4.69) is 16.4 Å². The van der Waals surface area contributed by atoms with Crippen LogP contribution in [-0.2, 0) is 11.3 Å². The molecule has 2 aliphatic rings. The number of aromatic nitrogens is 1. The lowest BCUT2D eigenvalue weighted by molar-refractivity contribution is -0.116. The summed E-state index contributed by atoms with van der Waals surface area (Å²) >= 11 is 1.64. The van der Waals surface area contributed by atoms with Gasteiger partial charge in [-0.1, -0.05) is 24.3 Å². The first kappa shape index (κ1) is 12.2. The molecule has 0 amide bonds. The Bertz CT molecular complexity index is 563. The molecule has 4 heteroatoms. The highest BCUT2D eigenvalue weighted by atomic mass is 32.2. The standard InChI is InChI=1S/C15H14N2OS/c18-15-12-3-1-2-4-13(12)19-14(15)10-17-9-11-5-7-16-8-6-11/h1-8,10,12-13,17H,9H2. The predicted octanol–water partition coefficient (Wildman–Crippen LogP) is 2.44. The zero-order valence-corrected chi connectivity index (χ0v) is 11.1. The number of fused-ring (bicyclic) bond motifs is 1. The van der Waals surface area contributed by atoms with Crippen LogP contribution in [0.2, 0.25) is 0 Å². The third kappa shape index (κ3) is 2.63. The summed E-state index contributed by atoms with van der Waals surface area (Å²) in [6.45, 7) is 0.709. The van der Waals surface area contributed by atoms with Crippen LogP contribution in [-0.4, -0.2) is 16.0 Å². The Labute approximate surface area is 116 Å². The number of allylic oxidation sites excluding steroid dienone is 4. The molecule has 3 nitrogen and oxygen atoms in total. The van der Waals surface area contributed by atoms with Crippen LogP contribution >= 0.6 is 11.8 Å². The third-order valence-corrected chi connectivity index (χ3v) is 4.48. The number of rotatable bonds is 3. The fourth-order valence-electron chi connectivity index (χ4n) is 2.17. The molecule has 96 valence electrons. The van der Waals surface area contributed by atoms with Gasteiger partial charge in [0.15, 0.2) is 5.78 Å². The summed E-state index contributed by atoms with van der Waals surface area (Å²) in [6, 6.07) is 3.92. The number of carbonyl (C=O) groups is 1. The minimum Gasteiger partial charge on any atom is -0.386 e. The third-order valence-electron chi connectivity index (χ3n) is 3.18. The number of carbonyl (C=O) groups excluding carboxylic acids is 1. The second kappa shape index (κ2) is 5.45. The van der Waals surface area contributed by atoms with Crippen molar-refractivity contribution in [2.75, 3.05) is 0 Å². The van der Waals surface area contributed by atoms with E-state index in [0.717, 1.165) is 10.5 Å². The van der Waals surface area contributed by atoms with Crippen LogP contribution in [0, 0.1) is 5.92 Å². The molecule has 0 radical (unpaired) electrons. The summed E-state index contributed by atoms with van der Waals surface area (Å²) < 4.78 is 0. The van der Waals surface area contributed by atoms with Gasteiger partial charge in [0.25, 0.3) is 0 Å². The maximum atomic E-state index is 12.2. The molecule has 1 aromatic rings. The van der Waals surface area contributed by atoms with E-state index >= 15 is 0 Å². The maximum absolute atomic E-state index is 12.2. The highest BCUT2D eigenvalue weighted by Crippen LogP contribution is 2.41. The largest absolute Gasteiger partial charge is 0.386 e. The van der Waals surface area contributed by atoms with E-state index in [0.29, 0.717) is 6.54 Å². The van der Waals surface area contributed by atoms with E-state index < -0.39 is 0 Å². The molecule has 1 aliphatic heterocycles. The first-order valence-corrected chi connectivity index (χ1v) is 7.11. The number of hydrogen-bond donors (Lipinski definition) is 1. The number of hydrogen-bond acceptors (Lipinski definition) is 4. The molecule has 0 saturated carbocycles. The second-order valence-electron chi connectivity index (χ2n) is 4.49. The quantitative estimate of drug-likeness (QED) is 0.857. The van der Waals surface area contributed by atoms with Gasteiger partial charge >= 0.3 is 0 Å². The smallest absolute Gasteiger partial charge is 0.178 e. The van der Waals surface area contributed by atoms with Gasteiger partial charge in [0.1, 0.15) is 0 Å². The van der Waals surface area contributed by atoms with Crippen molar-refractivity contribution in [3.8, 4) is 0 Å². The van der Waals surface area contributed by atoms with Gasteiger partial charge in [0.05, 0.1) is 10.8 Å². The average molecular weight is 270 g/mol. The van der Waals surface area contributed by atoms with Crippen LogP contribution in [0.1, 0.15) is 5.56 Å². The van der Waals surface area contributed by atoms with Crippen LogP contribution in [0.25, 0.3) is 0 Å². The summed E-state index contributed by atoms with van der Waals surface area (Å²) in [5.41, 5.74) is 1.15. The second-order valence-corrected chi connectivity index (χ2v) is 5.71. The number of thioether (sulfide) groups is 1. The maximum Gasteiger partial charge on any atom is 0.178 e. The van der Waals surface area contributed by atoms with Crippen LogP contribution in [0.4, 0.5) is 0 Å². The Morgan fingerprint density at radius 2 is 2.05 bits per heavy atom. The fraction of sp³-hybridized carbons (Fsp3) is 0.200. The van der Waals surface area contributed by atoms with E-state index in [9.17, 15) is 4.79 Å². The molecule has 1 N–H and O–H groups in total. The predicted molar refractivity (Wildman–Crippen MR) is 77.3 cm³/mol. The summed E-state index contributed by atoms with van der Waals surface area (Å²) in [6.07, 6.45) is 13.4.